The summed E-state index contributed by atoms with van der Waals surface area (Å²) in [6, 6.07) is 1.37. The highest BCUT2D eigenvalue weighted by Crippen LogP contribution is 2.58. The molecule has 2 fully saturated rings. The van der Waals surface area contributed by atoms with Crippen molar-refractivity contribution in [3.05, 3.63) is 11.8 Å². The van der Waals surface area contributed by atoms with E-state index >= 15 is 0 Å². The SMILES string of the molecule is Cc1cc(NC(=O)[C@H]2[C@H](C(=O)O)C2(C)C)n([C@@H]2CCS(=O)(=O)C2)n1. The predicted molar refractivity (Wildman–Crippen MR) is 86.3 cm³/mol. The Morgan fingerprint density at radius 2 is 2.04 bits per heavy atom. The minimum absolute atomic E-state index is 0.00363. The summed E-state index contributed by atoms with van der Waals surface area (Å²) in [7, 11) is -3.07. The summed E-state index contributed by atoms with van der Waals surface area (Å²) >= 11 is 0. The van der Waals surface area contributed by atoms with Gasteiger partial charge in [0, 0.05) is 6.07 Å². The van der Waals surface area contributed by atoms with Gasteiger partial charge in [-0.05, 0) is 18.8 Å². The molecule has 2 heterocycles. The monoisotopic (exact) mass is 355 g/mol. The van der Waals surface area contributed by atoms with Gasteiger partial charge in [0.05, 0.1) is 35.1 Å². The molecule has 1 amide bonds. The van der Waals surface area contributed by atoms with Gasteiger partial charge in [-0.15, -0.1) is 0 Å². The van der Waals surface area contributed by atoms with Gasteiger partial charge in [0.15, 0.2) is 9.84 Å². The van der Waals surface area contributed by atoms with E-state index in [4.69, 9.17) is 0 Å². The van der Waals surface area contributed by atoms with Crippen molar-refractivity contribution in [1.29, 1.82) is 0 Å². The van der Waals surface area contributed by atoms with Crippen LogP contribution in [0.15, 0.2) is 6.07 Å². The molecule has 0 bridgehead atoms. The number of nitrogens with zero attached hydrogens (tertiary/aromatic N) is 2. The summed E-state index contributed by atoms with van der Waals surface area (Å²) in [5.41, 5.74) is 0.0754. The van der Waals surface area contributed by atoms with Crippen LogP contribution in [0.25, 0.3) is 0 Å². The van der Waals surface area contributed by atoms with Crippen LogP contribution in [0.5, 0.6) is 0 Å². The van der Waals surface area contributed by atoms with Crippen molar-refractivity contribution in [2.24, 2.45) is 17.3 Å². The largest absolute Gasteiger partial charge is 0.481 e. The average Bonchev–Trinajstić information content (AvgIpc) is 2.70. The van der Waals surface area contributed by atoms with E-state index < -0.39 is 33.1 Å². The molecule has 1 saturated heterocycles. The highest BCUT2D eigenvalue weighted by Gasteiger charge is 2.66. The molecule has 0 radical (unpaired) electrons. The molecule has 8 nitrogen and oxygen atoms in total. The first kappa shape index (κ1) is 16.9. The Morgan fingerprint density at radius 3 is 2.54 bits per heavy atom. The van der Waals surface area contributed by atoms with Crippen LogP contribution in [0.2, 0.25) is 0 Å². The first-order valence-corrected chi connectivity index (χ1v) is 9.65. The molecule has 1 aliphatic heterocycles. The smallest absolute Gasteiger partial charge is 0.307 e. The summed E-state index contributed by atoms with van der Waals surface area (Å²) in [6.07, 6.45) is 0.457. The van der Waals surface area contributed by atoms with Crippen molar-refractivity contribution < 1.29 is 23.1 Å². The van der Waals surface area contributed by atoms with E-state index in [1.807, 2.05) is 0 Å². The van der Waals surface area contributed by atoms with Crippen LogP contribution in [0.1, 0.15) is 32.0 Å². The first-order chi connectivity index (χ1) is 11.0. The maximum absolute atomic E-state index is 12.5. The van der Waals surface area contributed by atoms with Crippen LogP contribution in [0.4, 0.5) is 5.82 Å². The molecule has 1 aliphatic carbocycles. The van der Waals surface area contributed by atoms with E-state index in [0.717, 1.165) is 0 Å². The molecule has 1 aromatic heterocycles. The molecule has 0 aromatic carbocycles. The summed E-state index contributed by atoms with van der Waals surface area (Å²) in [6.45, 7) is 5.26. The Labute approximate surface area is 140 Å². The van der Waals surface area contributed by atoms with E-state index in [2.05, 4.69) is 10.4 Å². The van der Waals surface area contributed by atoms with Crippen molar-refractivity contribution in [1.82, 2.24) is 9.78 Å². The van der Waals surface area contributed by atoms with Gasteiger partial charge in [-0.25, -0.2) is 13.1 Å². The van der Waals surface area contributed by atoms with Gasteiger partial charge in [-0.1, -0.05) is 13.8 Å². The van der Waals surface area contributed by atoms with E-state index in [1.54, 1.807) is 31.5 Å². The van der Waals surface area contributed by atoms with Crippen LogP contribution in [0.3, 0.4) is 0 Å². The molecule has 0 spiro atoms. The van der Waals surface area contributed by atoms with Gasteiger partial charge < -0.3 is 10.4 Å². The lowest BCUT2D eigenvalue weighted by Crippen LogP contribution is -2.22. The third-order valence-electron chi connectivity index (χ3n) is 5.04. The number of carboxylic acid groups (broad SMARTS) is 1. The molecule has 0 unspecified atom stereocenters. The minimum Gasteiger partial charge on any atom is -0.481 e. The lowest BCUT2D eigenvalue weighted by molar-refractivity contribution is -0.140. The highest BCUT2D eigenvalue weighted by molar-refractivity contribution is 7.91. The van der Waals surface area contributed by atoms with Crippen molar-refractivity contribution in [3.8, 4) is 0 Å². The minimum atomic E-state index is -3.07. The quantitative estimate of drug-likeness (QED) is 0.826. The number of sulfone groups is 1. The molecule has 9 heteroatoms. The molecular weight excluding hydrogens is 334 g/mol. The molecular formula is C15H21N3O5S. The number of amides is 1. The number of aliphatic carboxylic acids is 1. The number of rotatable bonds is 4. The second-order valence-electron chi connectivity index (χ2n) is 7.28. The van der Waals surface area contributed by atoms with Gasteiger partial charge in [0.2, 0.25) is 5.91 Å². The van der Waals surface area contributed by atoms with Crippen LogP contribution in [-0.2, 0) is 19.4 Å². The van der Waals surface area contributed by atoms with Crippen molar-refractivity contribution in [2.45, 2.75) is 33.2 Å². The maximum atomic E-state index is 12.5. The fourth-order valence-electron chi connectivity index (χ4n) is 3.65. The Kier molecular flexibility index (Phi) is 3.74. The Hall–Kier alpha value is -1.90. The first-order valence-electron chi connectivity index (χ1n) is 7.83. The van der Waals surface area contributed by atoms with E-state index in [-0.39, 0.29) is 23.5 Å². The Bertz CT molecular complexity index is 811. The number of aromatic nitrogens is 2. The van der Waals surface area contributed by atoms with E-state index in [1.165, 1.54) is 0 Å². The Morgan fingerprint density at radius 1 is 1.38 bits per heavy atom. The summed E-state index contributed by atoms with van der Waals surface area (Å²) < 4.78 is 24.9. The molecule has 132 valence electrons. The number of aryl methyl sites for hydroxylation is 1. The standard InChI is InChI=1S/C15H21N3O5S/c1-8-6-10(18(17-8)9-4-5-24(22,23)7-9)16-13(19)11-12(14(20)21)15(11,2)3/h6,9,11-12H,4-5,7H2,1-3H3,(H,16,19)(H,20,21)/t9-,11-,12-/m1/s1. The highest BCUT2D eigenvalue weighted by atomic mass is 32.2. The van der Waals surface area contributed by atoms with Gasteiger partial charge >= 0.3 is 5.97 Å². The third kappa shape index (κ3) is 2.81. The normalized spacial score (nSPS) is 30.0. The van der Waals surface area contributed by atoms with Gasteiger partial charge in [0.1, 0.15) is 5.82 Å². The number of nitrogens with one attached hydrogen (secondary N) is 1. The number of carboxylic acids is 1. The zero-order valence-electron chi connectivity index (χ0n) is 13.8. The summed E-state index contributed by atoms with van der Waals surface area (Å²) in [5, 5.41) is 16.2. The molecule has 3 atom stereocenters. The van der Waals surface area contributed by atoms with E-state index in [9.17, 15) is 23.1 Å². The van der Waals surface area contributed by atoms with Crippen LogP contribution in [-0.4, -0.2) is 46.7 Å². The van der Waals surface area contributed by atoms with Crippen molar-refractivity contribution in [3.63, 3.8) is 0 Å². The third-order valence-corrected chi connectivity index (χ3v) is 6.79. The van der Waals surface area contributed by atoms with Crippen LogP contribution >= 0.6 is 0 Å². The fourth-order valence-corrected chi connectivity index (χ4v) is 5.34. The summed E-state index contributed by atoms with van der Waals surface area (Å²) in [4.78, 5) is 23.7. The number of carbonyl (C=O) groups excluding carboxylic acids is 1. The Balaban J connectivity index is 1.79. The molecule has 1 aromatic rings. The molecule has 2 aliphatic rings. The molecule has 2 N–H and O–H groups in total. The average molecular weight is 355 g/mol. The second kappa shape index (κ2) is 5.30. The lowest BCUT2D eigenvalue weighted by atomic mass is 10.1. The molecule has 24 heavy (non-hydrogen) atoms. The zero-order valence-corrected chi connectivity index (χ0v) is 14.6. The van der Waals surface area contributed by atoms with E-state index in [0.29, 0.717) is 17.9 Å². The van der Waals surface area contributed by atoms with Crippen molar-refractivity contribution >= 4 is 27.5 Å². The number of hydrogen-bond acceptors (Lipinski definition) is 5. The van der Waals surface area contributed by atoms with Crippen LogP contribution in [0, 0.1) is 24.2 Å². The number of carbonyl (C=O) groups is 2. The summed E-state index contributed by atoms with van der Waals surface area (Å²) in [5.74, 6) is -2.12. The fraction of sp³-hybridized carbons (Fsp3) is 0.667. The molecule has 3 rings (SSSR count). The van der Waals surface area contributed by atoms with Gasteiger partial charge in [-0.2, -0.15) is 5.10 Å². The van der Waals surface area contributed by atoms with Gasteiger partial charge in [0.25, 0.3) is 0 Å². The molecule has 1 saturated carbocycles. The topological polar surface area (TPSA) is 118 Å². The zero-order chi connectivity index (χ0) is 17.9. The maximum Gasteiger partial charge on any atom is 0.307 e. The number of anilines is 1. The van der Waals surface area contributed by atoms with Crippen molar-refractivity contribution in [2.75, 3.05) is 16.8 Å². The van der Waals surface area contributed by atoms with Crippen LogP contribution < -0.4 is 5.32 Å². The second-order valence-corrected chi connectivity index (χ2v) is 9.51. The number of hydrogen-bond donors (Lipinski definition) is 2. The lowest BCUT2D eigenvalue weighted by Gasteiger charge is -2.14. The predicted octanol–water partition coefficient (Wildman–Crippen LogP) is 0.846. The van der Waals surface area contributed by atoms with Gasteiger partial charge in [-0.3, -0.25) is 9.59 Å².